The van der Waals surface area contributed by atoms with E-state index in [2.05, 4.69) is 15.4 Å². The smallest absolute Gasteiger partial charge is 0.342 e. The summed E-state index contributed by atoms with van der Waals surface area (Å²) in [5, 5.41) is 34.7. The standard InChI is InChI=1S/C11H10N8O5/c1-17-6(19(23)24)4-13-9(17)7-5(3-12)8(18(2)15-7)14-10(20)11(21)16-22/h4,22H,1-2H3,(H,14,20)(H,16,21). The normalized spacial score (nSPS) is 10.1. The molecule has 0 aliphatic heterocycles. The van der Waals surface area contributed by atoms with E-state index in [-0.39, 0.29) is 28.7 Å². The molecule has 2 heterocycles. The molecule has 124 valence electrons. The highest BCUT2D eigenvalue weighted by Crippen LogP contribution is 2.28. The number of anilines is 1. The van der Waals surface area contributed by atoms with Crippen molar-refractivity contribution in [3.05, 3.63) is 21.9 Å². The van der Waals surface area contributed by atoms with Crippen LogP contribution in [0.2, 0.25) is 0 Å². The van der Waals surface area contributed by atoms with Gasteiger partial charge in [0.2, 0.25) is 0 Å². The molecular weight excluding hydrogens is 324 g/mol. The summed E-state index contributed by atoms with van der Waals surface area (Å²) in [4.78, 5) is 36.7. The first kappa shape index (κ1) is 16.6. The van der Waals surface area contributed by atoms with Gasteiger partial charge < -0.3 is 15.4 Å². The molecule has 0 spiro atoms. The van der Waals surface area contributed by atoms with Crippen LogP contribution in [0.5, 0.6) is 0 Å². The Morgan fingerprint density at radius 2 is 2.08 bits per heavy atom. The first-order chi connectivity index (χ1) is 11.3. The Bertz CT molecular complexity index is 889. The third kappa shape index (κ3) is 2.64. The summed E-state index contributed by atoms with van der Waals surface area (Å²) in [5.41, 5.74) is 0.980. The fourth-order valence-corrected chi connectivity index (χ4v) is 1.94. The second-order valence-electron chi connectivity index (χ2n) is 4.46. The average Bonchev–Trinajstić information content (AvgIpc) is 3.06. The Labute approximate surface area is 133 Å². The molecule has 0 saturated carbocycles. The summed E-state index contributed by atoms with van der Waals surface area (Å²) >= 11 is 0. The van der Waals surface area contributed by atoms with Crippen molar-refractivity contribution in [2.75, 3.05) is 5.32 Å². The predicted molar refractivity (Wildman–Crippen MR) is 75.3 cm³/mol. The molecule has 0 saturated heterocycles. The van der Waals surface area contributed by atoms with Gasteiger partial charge in [0.1, 0.15) is 23.6 Å². The maximum Gasteiger partial charge on any atom is 0.342 e. The summed E-state index contributed by atoms with van der Waals surface area (Å²) in [6.45, 7) is 0. The Morgan fingerprint density at radius 3 is 2.58 bits per heavy atom. The van der Waals surface area contributed by atoms with Crippen molar-refractivity contribution in [2.45, 2.75) is 0 Å². The van der Waals surface area contributed by atoms with Crippen LogP contribution in [0.3, 0.4) is 0 Å². The molecule has 2 aromatic rings. The van der Waals surface area contributed by atoms with Gasteiger partial charge in [-0.05, 0) is 4.92 Å². The van der Waals surface area contributed by atoms with Crippen LogP contribution in [-0.2, 0) is 23.7 Å². The lowest BCUT2D eigenvalue weighted by Crippen LogP contribution is -2.33. The quantitative estimate of drug-likeness (QED) is 0.278. The van der Waals surface area contributed by atoms with Crippen LogP contribution in [-0.4, -0.2) is 41.3 Å². The van der Waals surface area contributed by atoms with Gasteiger partial charge in [-0.3, -0.25) is 19.5 Å². The number of imidazole rings is 1. The van der Waals surface area contributed by atoms with E-state index in [1.807, 2.05) is 0 Å². The Morgan fingerprint density at radius 1 is 1.42 bits per heavy atom. The van der Waals surface area contributed by atoms with Gasteiger partial charge in [0, 0.05) is 7.05 Å². The van der Waals surface area contributed by atoms with Crippen LogP contribution < -0.4 is 10.8 Å². The van der Waals surface area contributed by atoms with Gasteiger partial charge in [-0.25, -0.2) is 15.0 Å². The Hall–Kier alpha value is -3.79. The van der Waals surface area contributed by atoms with Crippen molar-refractivity contribution < 1.29 is 19.7 Å². The van der Waals surface area contributed by atoms with E-state index >= 15 is 0 Å². The summed E-state index contributed by atoms with van der Waals surface area (Å²) in [6, 6.07) is 1.80. The number of hydrogen-bond donors (Lipinski definition) is 3. The van der Waals surface area contributed by atoms with Crippen molar-refractivity contribution in [1.82, 2.24) is 24.8 Å². The predicted octanol–water partition coefficient (Wildman–Crippen LogP) is -0.956. The van der Waals surface area contributed by atoms with Gasteiger partial charge in [0.25, 0.3) is 5.82 Å². The molecule has 0 aromatic carbocycles. The number of aromatic nitrogens is 4. The second kappa shape index (κ2) is 6.14. The summed E-state index contributed by atoms with van der Waals surface area (Å²) in [5.74, 6) is -2.99. The molecule has 13 heteroatoms. The lowest BCUT2D eigenvalue weighted by Gasteiger charge is -2.03. The van der Waals surface area contributed by atoms with Crippen LogP contribution in [0, 0.1) is 21.4 Å². The zero-order valence-electron chi connectivity index (χ0n) is 12.3. The summed E-state index contributed by atoms with van der Waals surface area (Å²) in [6.07, 6.45) is 1.00. The SMILES string of the molecule is Cn1nc(-c2ncc([N+](=O)[O-])n2C)c(C#N)c1NC(=O)C(=O)NO. The van der Waals surface area contributed by atoms with Crippen LogP contribution in [0.1, 0.15) is 5.56 Å². The lowest BCUT2D eigenvalue weighted by molar-refractivity contribution is -0.391. The number of nitrogens with zero attached hydrogens (tertiary/aromatic N) is 6. The average molecular weight is 334 g/mol. The zero-order chi connectivity index (χ0) is 18.0. The molecule has 2 aromatic heterocycles. The van der Waals surface area contributed by atoms with Crippen LogP contribution >= 0.6 is 0 Å². The van der Waals surface area contributed by atoms with E-state index in [0.717, 1.165) is 20.9 Å². The number of amides is 2. The van der Waals surface area contributed by atoms with Gasteiger partial charge in [0.05, 0.1) is 7.05 Å². The van der Waals surface area contributed by atoms with Gasteiger partial charge in [-0.15, -0.1) is 0 Å². The minimum atomic E-state index is -1.34. The molecule has 3 N–H and O–H groups in total. The summed E-state index contributed by atoms with van der Waals surface area (Å²) < 4.78 is 2.21. The highest BCUT2D eigenvalue weighted by Gasteiger charge is 2.28. The highest BCUT2D eigenvalue weighted by molar-refractivity contribution is 6.39. The number of carbonyl (C=O) groups is 2. The molecule has 2 rings (SSSR count). The Balaban J connectivity index is 2.53. The van der Waals surface area contributed by atoms with Gasteiger partial charge >= 0.3 is 17.6 Å². The number of nitro groups is 1. The van der Waals surface area contributed by atoms with Crippen LogP contribution in [0.25, 0.3) is 11.5 Å². The number of nitrogens with one attached hydrogen (secondary N) is 2. The van der Waals surface area contributed by atoms with E-state index in [0.29, 0.717) is 0 Å². The molecule has 0 radical (unpaired) electrons. The number of nitriles is 1. The number of carbonyl (C=O) groups excluding carboxylic acids is 2. The largest absolute Gasteiger partial charge is 0.358 e. The highest BCUT2D eigenvalue weighted by atomic mass is 16.6. The molecule has 0 fully saturated rings. The maximum absolute atomic E-state index is 11.5. The maximum atomic E-state index is 11.5. The van der Waals surface area contributed by atoms with E-state index in [1.165, 1.54) is 14.1 Å². The zero-order valence-corrected chi connectivity index (χ0v) is 12.3. The molecule has 0 unspecified atom stereocenters. The first-order valence-corrected chi connectivity index (χ1v) is 6.20. The monoisotopic (exact) mass is 334 g/mol. The molecule has 13 nitrogen and oxygen atoms in total. The molecule has 0 atom stereocenters. The van der Waals surface area contributed by atoms with Crippen molar-refractivity contribution in [3.63, 3.8) is 0 Å². The minimum absolute atomic E-state index is 0.0182. The van der Waals surface area contributed by atoms with Crippen molar-refractivity contribution in [3.8, 4) is 17.6 Å². The van der Waals surface area contributed by atoms with Crippen molar-refractivity contribution >= 4 is 23.5 Å². The topological polar surface area (TPSA) is 181 Å². The fraction of sp³-hybridized carbons (Fsp3) is 0.182. The van der Waals surface area contributed by atoms with E-state index in [4.69, 9.17) is 5.21 Å². The van der Waals surface area contributed by atoms with Gasteiger partial charge in [0.15, 0.2) is 5.69 Å². The van der Waals surface area contributed by atoms with Crippen molar-refractivity contribution in [1.29, 1.82) is 5.26 Å². The fourth-order valence-electron chi connectivity index (χ4n) is 1.94. The third-order valence-corrected chi connectivity index (χ3v) is 3.06. The van der Waals surface area contributed by atoms with Crippen LogP contribution in [0.15, 0.2) is 6.20 Å². The number of aryl methyl sites for hydroxylation is 1. The van der Waals surface area contributed by atoms with E-state index < -0.39 is 16.7 Å². The van der Waals surface area contributed by atoms with E-state index in [1.54, 1.807) is 6.07 Å². The number of hydroxylamine groups is 1. The van der Waals surface area contributed by atoms with Gasteiger partial charge in [-0.1, -0.05) is 0 Å². The molecule has 24 heavy (non-hydrogen) atoms. The number of hydrogen-bond acceptors (Lipinski definition) is 8. The van der Waals surface area contributed by atoms with Crippen LogP contribution in [0.4, 0.5) is 11.6 Å². The summed E-state index contributed by atoms with van der Waals surface area (Å²) in [7, 11) is 2.75. The minimum Gasteiger partial charge on any atom is -0.358 e. The van der Waals surface area contributed by atoms with E-state index in [9.17, 15) is 25.0 Å². The molecule has 0 aliphatic carbocycles. The van der Waals surface area contributed by atoms with Gasteiger partial charge in [-0.2, -0.15) is 10.4 Å². The number of rotatable bonds is 3. The Kier molecular flexibility index (Phi) is 4.24. The van der Waals surface area contributed by atoms with Crippen molar-refractivity contribution in [2.24, 2.45) is 14.1 Å². The molecule has 0 aliphatic rings. The molecular formula is C11H10N8O5. The molecule has 2 amide bonds. The first-order valence-electron chi connectivity index (χ1n) is 6.20. The third-order valence-electron chi connectivity index (χ3n) is 3.06. The lowest BCUT2D eigenvalue weighted by atomic mass is 10.2. The second-order valence-corrected chi connectivity index (χ2v) is 4.46. The molecule has 0 bridgehead atoms.